The van der Waals surface area contributed by atoms with Gasteiger partial charge < -0.3 is 5.32 Å². The van der Waals surface area contributed by atoms with Gasteiger partial charge in [0.1, 0.15) is 0 Å². The summed E-state index contributed by atoms with van der Waals surface area (Å²) in [6.07, 6.45) is -4.46. The zero-order chi connectivity index (χ0) is 19.2. The lowest BCUT2D eigenvalue weighted by Crippen LogP contribution is -2.09. The number of rotatable bonds is 3. The molecule has 1 N–H and O–H groups in total. The molecule has 3 aromatic heterocycles. The highest BCUT2D eigenvalue weighted by Crippen LogP contribution is 2.32. The predicted molar refractivity (Wildman–Crippen MR) is 88.7 cm³/mol. The number of aromatic nitrogens is 6. The number of anilines is 2. The van der Waals surface area contributed by atoms with Crippen molar-refractivity contribution in [3.05, 3.63) is 47.3 Å². The minimum absolute atomic E-state index is 0.120. The third kappa shape index (κ3) is 3.18. The summed E-state index contributed by atoms with van der Waals surface area (Å²) in [6, 6.07) is 6.60. The van der Waals surface area contributed by atoms with Crippen molar-refractivity contribution in [2.24, 2.45) is 0 Å². The van der Waals surface area contributed by atoms with Crippen molar-refractivity contribution in [3.8, 4) is 5.82 Å². The first kappa shape index (κ1) is 16.9. The Kier molecular flexibility index (Phi) is 3.79. The Morgan fingerprint density at radius 3 is 2.44 bits per heavy atom. The second kappa shape index (κ2) is 6.04. The molecule has 138 valence electrons. The minimum Gasteiger partial charge on any atom is -0.337 e. The Labute approximate surface area is 150 Å². The van der Waals surface area contributed by atoms with Crippen molar-refractivity contribution in [2.45, 2.75) is 20.0 Å². The number of halogens is 3. The van der Waals surface area contributed by atoms with Gasteiger partial charge in [-0.25, -0.2) is 14.3 Å². The number of hydrogen-bond donors (Lipinski definition) is 1. The van der Waals surface area contributed by atoms with E-state index < -0.39 is 11.7 Å². The summed E-state index contributed by atoms with van der Waals surface area (Å²) in [5, 5.41) is 14.5. The molecule has 0 radical (unpaired) electrons. The summed E-state index contributed by atoms with van der Waals surface area (Å²) < 4.78 is 45.1. The summed E-state index contributed by atoms with van der Waals surface area (Å²) in [6.45, 7) is 3.63. The van der Waals surface area contributed by atoms with Crippen LogP contribution in [-0.2, 0) is 6.18 Å². The molecule has 0 saturated heterocycles. The maximum absolute atomic E-state index is 13.0. The van der Waals surface area contributed by atoms with Crippen LogP contribution in [0.2, 0.25) is 0 Å². The highest BCUT2D eigenvalue weighted by molar-refractivity contribution is 5.73. The van der Waals surface area contributed by atoms with Crippen molar-refractivity contribution in [1.82, 2.24) is 30.1 Å². The number of nitrogens with one attached hydrogen (secondary N) is 1. The summed E-state index contributed by atoms with van der Waals surface area (Å²) in [5.41, 5.74) is 1.21. The van der Waals surface area contributed by atoms with Gasteiger partial charge in [0, 0.05) is 11.4 Å². The topological polar surface area (TPSA) is 94.5 Å². The van der Waals surface area contributed by atoms with Crippen molar-refractivity contribution in [3.63, 3.8) is 0 Å². The molecule has 0 bridgehead atoms. The summed E-state index contributed by atoms with van der Waals surface area (Å²) in [5.74, 6) is 0.435. The first-order valence-corrected chi connectivity index (χ1v) is 7.79. The van der Waals surface area contributed by atoms with Crippen LogP contribution in [-0.4, -0.2) is 30.1 Å². The van der Waals surface area contributed by atoms with Gasteiger partial charge >= 0.3 is 6.18 Å². The molecule has 8 nitrogen and oxygen atoms in total. The van der Waals surface area contributed by atoms with E-state index in [9.17, 15) is 13.2 Å². The lowest BCUT2D eigenvalue weighted by Gasteiger charge is -2.13. The summed E-state index contributed by atoms with van der Waals surface area (Å²) in [4.78, 5) is 8.60. The van der Waals surface area contributed by atoms with Crippen LogP contribution in [0.1, 0.15) is 17.0 Å². The van der Waals surface area contributed by atoms with Crippen molar-refractivity contribution < 1.29 is 17.8 Å². The van der Waals surface area contributed by atoms with E-state index in [0.29, 0.717) is 0 Å². The van der Waals surface area contributed by atoms with Gasteiger partial charge in [0.05, 0.1) is 11.3 Å². The van der Waals surface area contributed by atoms with E-state index >= 15 is 0 Å². The quantitative estimate of drug-likeness (QED) is 0.585. The number of aryl methyl sites for hydroxylation is 2. The van der Waals surface area contributed by atoms with Crippen molar-refractivity contribution in [1.29, 1.82) is 0 Å². The fourth-order valence-corrected chi connectivity index (χ4v) is 2.61. The maximum atomic E-state index is 13.0. The van der Waals surface area contributed by atoms with Gasteiger partial charge in [-0.3, -0.25) is 0 Å². The molecule has 0 aliphatic carbocycles. The van der Waals surface area contributed by atoms with Gasteiger partial charge in [0.2, 0.25) is 11.3 Å². The molecule has 0 unspecified atom stereocenters. The molecular formula is C16H12F3N7O. The van der Waals surface area contributed by atoms with Gasteiger partial charge in [-0.2, -0.15) is 23.3 Å². The van der Waals surface area contributed by atoms with Crippen molar-refractivity contribution >= 4 is 22.8 Å². The summed E-state index contributed by atoms with van der Waals surface area (Å²) in [7, 11) is 0. The fourth-order valence-electron chi connectivity index (χ4n) is 2.61. The lowest BCUT2D eigenvalue weighted by molar-refractivity contribution is -0.137. The molecule has 0 atom stereocenters. The Morgan fingerprint density at radius 2 is 1.78 bits per heavy atom. The lowest BCUT2D eigenvalue weighted by atomic mass is 10.2. The average Bonchev–Trinajstić information content (AvgIpc) is 3.19. The Hall–Kier alpha value is -3.50. The maximum Gasteiger partial charge on any atom is 0.416 e. The number of alkyl halides is 3. The fraction of sp³-hybridized carbons (Fsp3) is 0.188. The molecule has 1 aromatic carbocycles. The van der Waals surface area contributed by atoms with Crippen LogP contribution in [0.4, 0.5) is 24.7 Å². The van der Waals surface area contributed by atoms with E-state index in [4.69, 9.17) is 0 Å². The number of benzene rings is 1. The van der Waals surface area contributed by atoms with Gasteiger partial charge in [-0.05, 0) is 48.4 Å². The normalized spacial score (nSPS) is 11.9. The Morgan fingerprint density at radius 1 is 1.04 bits per heavy atom. The van der Waals surface area contributed by atoms with Crippen LogP contribution in [0.15, 0.2) is 35.0 Å². The van der Waals surface area contributed by atoms with Crippen LogP contribution in [0.3, 0.4) is 0 Å². The smallest absolute Gasteiger partial charge is 0.337 e. The highest BCUT2D eigenvalue weighted by atomic mass is 19.4. The number of nitrogens with zero attached hydrogens (tertiary/aromatic N) is 6. The molecule has 4 rings (SSSR count). The van der Waals surface area contributed by atoms with E-state index in [1.807, 2.05) is 19.9 Å². The molecule has 4 aromatic rings. The van der Waals surface area contributed by atoms with Crippen LogP contribution < -0.4 is 5.32 Å². The van der Waals surface area contributed by atoms with Crippen LogP contribution >= 0.6 is 0 Å². The number of fused-ring (bicyclic) bond motifs is 1. The van der Waals surface area contributed by atoms with Gasteiger partial charge in [-0.1, -0.05) is 6.07 Å². The molecule has 0 aliphatic rings. The molecule has 0 saturated carbocycles. The van der Waals surface area contributed by atoms with Crippen LogP contribution in [0.25, 0.3) is 17.1 Å². The molecule has 0 fully saturated rings. The second-order valence-electron chi connectivity index (χ2n) is 5.85. The molecule has 27 heavy (non-hydrogen) atoms. The summed E-state index contributed by atoms with van der Waals surface area (Å²) >= 11 is 0. The Balaban J connectivity index is 1.83. The van der Waals surface area contributed by atoms with Crippen LogP contribution in [0.5, 0.6) is 0 Å². The van der Waals surface area contributed by atoms with E-state index in [2.05, 4.69) is 35.3 Å². The third-order valence-electron chi connectivity index (χ3n) is 3.76. The predicted octanol–water partition coefficient (Wildman–Crippen LogP) is 3.58. The molecular weight excluding hydrogens is 363 g/mol. The van der Waals surface area contributed by atoms with Gasteiger partial charge in [0.15, 0.2) is 11.6 Å². The van der Waals surface area contributed by atoms with Gasteiger partial charge in [-0.15, -0.1) is 0 Å². The zero-order valence-corrected chi connectivity index (χ0v) is 14.1. The zero-order valence-electron chi connectivity index (χ0n) is 14.1. The number of hydrogen-bond acceptors (Lipinski definition) is 7. The van der Waals surface area contributed by atoms with E-state index in [1.165, 1.54) is 16.8 Å². The molecule has 0 spiro atoms. The van der Waals surface area contributed by atoms with Gasteiger partial charge in [0.25, 0.3) is 0 Å². The monoisotopic (exact) mass is 375 g/mol. The van der Waals surface area contributed by atoms with E-state index in [1.54, 1.807) is 0 Å². The molecule has 0 amide bonds. The first-order chi connectivity index (χ1) is 12.8. The average molecular weight is 375 g/mol. The standard InChI is InChI=1S/C16H12F3N7O/c1-8-6-9(2)26(23-8)15-14(21-12-13(22-15)25-27-24-12)20-11-5-3-4-10(7-11)16(17,18)19/h3-7H,1-2H3,(H,20,21,24). The minimum atomic E-state index is -4.46. The van der Waals surface area contributed by atoms with E-state index in [0.717, 1.165) is 23.5 Å². The first-order valence-electron chi connectivity index (χ1n) is 7.79. The third-order valence-corrected chi connectivity index (χ3v) is 3.76. The Bertz CT molecular complexity index is 1130. The van der Waals surface area contributed by atoms with Crippen molar-refractivity contribution in [2.75, 3.05) is 5.32 Å². The largest absolute Gasteiger partial charge is 0.416 e. The molecule has 0 aliphatic heterocycles. The molecule has 11 heteroatoms. The molecule has 3 heterocycles. The van der Waals surface area contributed by atoms with E-state index in [-0.39, 0.29) is 28.6 Å². The highest BCUT2D eigenvalue weighted by Gasteiger charge is 2.30. The second-order valence-corrected chi connectivity index (χ2v) is 5.85. The SMILES string of the molecule is Cc1cc(C)n(-c2nc3nonc3nc2Nc2cccc(C(F)(F)F)c2)n1. The van der Waals surface area contributed by atoms with Crippen LogP contribution in [0, 0.1) is 13.8 Å².